The molecule has 1 N–H and O–H groups in total. The lowest BCUT2D eigenvalue weighted by Crippen LogP contribution is -2.19. The lowest BCUT2D eigenvalue weighted by atomic mass is 10.1. The van der Waals surface area contributed by atoms with Gasteiger partial charge in [0.05, 0.1) is 0 Å². The van der Waals surface area contributed by atoms with Gasteiger partial charge in [0.15, 0.2) is 0 Å². The molecule has 1 aromatic heterocycles. The van der Waals surface area contributed by atoms with Crippen molar-refractivity contribution in [2.24, 2.45) is 0 Å². The van der Waals surface area contributed by atoms with E-state index in [-0.39, 0.29) is 11.5 Å². The van der Waals surface area contributed by atoms with Crippen LogP contribution in [0.15, 0.2) is 29.8 Å². The predicted octanol–water partition coefficient (Wildman–Crippen LogP) is 3.36. The molecule has 1 aromatic carbocycles. The maximum Gasteiger partial charge on any atom is 0.261 e. The van der Waals surface area contributed by atoms with Gasteiger partial charge in [0, 0.05) is 24.1 Å². The maximum atomic E-state index is 11.7. The van der Waals surface area contributed by atoms with Crippen molar-refractivity contribution < 1.29 is 4.79 Å². The molecule has 2 rings (SSSR count). The van der Waals surface area contributed by atoms with Gasteiger partial charge in [-0.15, -0.1) is 0 Å². The quantitative estimate of drug-likeness (QED) is 0.698. The first-order valence-corrected chi connectivity index (χ1v) is 7.50. The molecule has 0 unspecified atom stereocenters. The van der Waals surface area contributed by atoms with Crippen molar-refractivity contribution in [3.63, 3.8) is 0 Å². The molecule has 0 spiro atoms. The molecule has 1 amide bonds. The first kappa shape index (κ1) is 16.6. The predicted molar refractivity (Wildman–Crippen MR) is 92.4 cm³/mol. The number of carbonyl (C=O) groups excluding carboxylic acids is 1. The van der Waals surface area contributed by atoms with E-state index in [4.69, 9.17) is 5.26 Å². The molecule has 0 fully saturated rings. The van der Waals surface area contributed by atoms with Crippen LogP contribution in [0.3, 0.4) is 0 Å². The average molecular weight is 307 g/mol. The maximum absolute atomic E-state index is 11.7. The van der Waals surface area contributed by atoms with E-state index in [1.54, 1.807) is 6.08 Å². The Morgan fingerprint density at radius 1 is 1.26 bits per heavy atom. The van der Waals surface area contributed by atoms with Crippen LogP contribution in [0.4, 0.5) is 0 Å². The topological polar surface area (TPSA) is 57.8 Å². The number of nitrogens with one attached hydrogen (secondary N) is 1. The third kappa shape index (κ3) is 3.04. The Morgan fingerprint density at radius 3 is 2.57 bits per heavy atom. The molecule has 0 bridgehead atoms. The van der Waals surface area contributed by atoms with Gasteiger partial charge in [-0.3, -0.25) is 4.79 Å². The van der Waals surface area contributed by atoms with Gasteiger partial charge in [0.2, 0.25) is 0 Å². The largest absolute Gasteiger partial charge is 0.354 e. The van der Waals surface area contributed by atoms with Gasteiger partial charge in [0.25, 0.3) is 5.91 Å². The van der Waals surface area contributed by atoms with E-state index in [0.717, 1.165) is 22.6 Å². The number of benzene rings is 1. The molecular weight excluding hydrogens is 286 g/mol. The van der Waals surface area contributed by atoms with Gasteiger partial charge in [0.1, 0.15) is 11.6 Å². The minimum absolute atomic E-state index is 0.105. The Morgan fingerprint density at radius 2 is 1.96 bits per heavy atom. The highest BCUT2D eigenvalue weighted by Crippen LogP contribution is 2.26. The van der Waals surface area contributed by atoms with E-state index < -0.39 is 0 Å². The minimum Gasteiger partial charge on any atom is -0.354 e. The van der Waals surface area contributed by atoms with Crippen molar-refractivity contribution in [2.75, 3.05) is 7.05 Å². The standard InChI is InChI=1S/C19H21N3O/c1-12-7-6-8-18(14(12)3)22-13(2)9-16(15(22)4)10-17(11-20)19(23)21-5/h6-10H,1-5H3,(H,21,23)/b17-10+. The van der Waals surface area contributed by atoms with Crippen molar-refractivity contribution in [3.05, 3.63) is 57.9 Å². The molecule has 23 heavy (non-hydrogen) atoms. The van der Waals surface area contributed by atoms with E-state index >= 15 is 0 Å². The first-order valence-electron chi connectivity index (χ1n) is 7.50. The number of nitrogens with zero attached hydrogens (tertiary/aromatic N) is 2. The zero-order valence-corrected chi connectivity index (χ0v) is 14.2. The molecule has 4 nitrogen and oxygen atoms in total. The van der Waals surface area contributed by atoms with E-state index in [0.29, 0.717) is 0 Å². The van der Waals surface area contributed by atoms with Gasteiger partial charge in [-0.1, -0.05) is 12.1 Å². The summed E-state index contributed by atoms with van der Waals surface area (Å²) in [5.74, 6) is -0.371. The number of aromatic nitrogens is 1. The third-order valence-electron chi connectivity index (χ3n) is 4.18. The third-order valence-corrected chi connectivity index (χ3v) is 4.18. The van der Waals surface area contributed by atoms with Gasteiger partial charge in [-0.2, -0.15) is 5.26 Å². The van der Waals surface area contributed by atoms with Gasteiger partial charge >= 0.3 is 0 Å². The lowest BCUT2D eigenvalue weighted by Gasteiger charge is -2.14. The number of hydrogen-bond donors (Lipinski definition) is 1. The minimum atomic E-state index is -0.371. The van der Waals surface area contributed by atoms with Crippen LogP contribution >= 0.6 is 0 Å². The Hall–Kier alpha value is -2.80. The molecular formula is C19H21N3O. The molecule has 4 heteroatoms. The van der Waals surface area contributed by atoms with Gasteiger partial charge < -0.3 is 9.88 Å². The molecule has 2 aromatic rings. The normalized spacial score (nSPS) is 11.2. The summed E-state index contributed by atoms with van der Waals surface area (Å²) in [5, 5.41) is 11.7. The average Bonchev–Trinajstić information content (AvgIpc) is 2.81. The number of carbonyl (C=O) groups is 1. The summed E-state index contributed by atoms with van der Waals surface area (Å²) in [5.41, 5.74) is 6.63. The van der Waals surface area contributed by atoms with Crippen LogP contribution < -0.4 is 5.32 Å². The highest BCUT2D eigenvalue weighted by molar-refractivity contribution is 6.01. The molecule has 0 atom stereocenters. The molecule has 0 saturated heterocycles. The summed E-state index contributed by atoms with van der Waals surface area (Å²) in [4.78, 5) is 11.7. The van der Waals surface area contributed by atoms with Crippen molar-refractivity contribution in [1.29, 1.82) is 5.26 Å². The van der Waals surface area contributed by atoms with Crippen molar-refractivity contribution in [1.82, 2.24) is 9.88 Å². The van der Waals surface area contributed by atoms with Crippen LogP contribution in [0.25, 0.3) is 11.8 Å². The molecule has 0 aliphatic heterocycles. The Balaban J connectivity index is 2.62. The smallest absolute Gasteiger partial charge is 0.261 e. The van der Waals surface area contributed by atoms with E-state index in [1.165, 1.54) is 18.2 Å². The van der Waals surface area contributed by atoms with Crippen LogP contribution in [-0.4, -0.2) is 17.5 Å². The fourth-order valence-electron chi connectivity index (χ4n) is 2.72. The van der Waals surface area contributed by atoms with Crippen molar-refractivity contribution in [3.8, 4) is 11.8 Å². The van der Waals surface area contributed by atoms with E-state index in [2.05, 4.69) is 35.9 Å². The number of hydrogen-bond acceptors (Lipinski definition) is 2. The number of likely N-dealkylation sites (N-methyl/N-ethyl adjacent to an activating group) is 1. The van der Waals surface area contributed by atoms with E-state index in [9.17, 15) is 4.79 Å². The monoisotopic (exact) mass is 307 g/mol. The molecule has 0 saturated carbocycles. The highest BCUT2D eigenvalue weighted by atomic mass is 16.1. The zero-order valence-electron chi connectivity index (χ0n) is 14.2. The second kappa shape index (κ2) is 6.53. The molecule has 0 radical (unpaired) electrons. The number of rotatable bonds is 3. The van der Waals surface area contributed by atoms with E-state index in [1.807, 2.05) is 32.0 Å². The SMILES string of the molecule is CNC(=O)/C(C#N)=C/c1cc(C)n(-c2cccc(C)c2C)c1C. The van der Waals surface area contributed by atoms with Gasteiger partial charge in [-0.05, 0) is 62.6 Å². The zero-order chi connectivity index (χ0) is 17.1. The van der Waals surface area contributed by atoms with Crippen molar-refractivity contribution >= 4 is 12.0 Å². The molecule has 0 aliphatic carbocycles. The molecule has 0 aliphatic rings. The Bertz CT molecular complexity index is 835. The summed E-state index contributed by atoms with van der Waals surface area (Å²) in [6.07, 6.45) is 1.64. The Labute approximate surface area is 137 Å². The molecule has 118 valence electrons. The Kier molecular flexibility index (Phi) is 4.71. The summed E-state index contributed by atoms with van der Waals surface area (Å²) in [6.45, 7) is 8.22. The van der Waals surface area contributed by atoms with Crippen LogP contribution in [-0.2, 0) is 4.79 Å². The summed E-state index contributed by atoms with van der Waals surface area (Å²) in [6, 6.07) is 10.2. The van der Waals surface area contributed by atoms with Crippen LogP contribution in [0.2, 0.25) is 0 Å². The number of nitriles is 1. The first-order chi connectivity index (χ1) is 10.9. The lowest BCUT2D eigenvalue weighted by molar-refractivity contribution is -0.116. The van der Waals surface area contributed by atoms with Crippen LogP contribution in [0.5, 0.6) is 0 Å². The summed E-state index contributed by atoms with van der Waals surface area (Å²) < 4.78 is 2.16. The fraction of sp³-hybridized carbons (Fsp3) is 0.263. The van der Waals surface area contributed by atoms with Crippen LogP contribution in [0.1, 0.15) is 28.1 Å². The van der Waals surface area contributed by atoms with Gasteiger partial charge in [-0.25, -0.2) is 0 Å². The number of aryl methyl sites for hydroxylation is 2. The second-order valence-electron chi connectivity index (χ2n) is 5.63. The highest BCUT2D eigenvalue weighted by Gasteiger charge is 2.14. The summed E-state index contributed by atoms with van der Waals surface area (Å²) in [7, 11) is 1.52. The summed E-state index contributed by atoms with van der Waals surface area (Å²) >= 11 is 0. The van der Waals surface area contributed by atoms with Crippen LogP contribution in [0, 0.1) is 39.0 Å². The number of amides is 1. The van der Waals surface area contributed by atoms with Crippen molar-refractivity contribution in [2.45, 2.75) is 27.7 Å². The second-order valence-corrected chi connectivity index (χ2v) is 5.63. The fourth-order valence-corrected chi connectivity index (χ4v) is 2.72. The molecule has 1 heterocycles.